The number of aliphatic carboxylic acids is 1. The van der Waals surface area contributed by atoms with Crippen molar-refractivity contribution in [3.05, 3.63) is 54.4 Å². The lowest BCUT2D eigenvalue weighted by molar-refractivity contribution is -0.143. The standard InChI is InChI=1S/C18H21NO4/c20-18(21)14-5-1-9-19(13-14)10-2-6-15(16-7-3-11-22-16)17-8-4-12-23-17/h3-4,6-8,11-12,14H,1-2,5,9-10,13H2,(H,20,21). The van der Waals surface area contributed by atoms with E-state index < -0.39 is 5.97 Å². The van der Waals surface area contributed by atoms with Gasteiger partial charge in [0.05, 0.1) is 24.0 Å². The van der Waals surface area contributed by atoms with E-state index in [1.54, 1.807) is 12.5 Å². The van der Waals surface area contributed by atoms with E-state index in [2.05, 4.69) is 11.0 Å². The van der Waals surface area contributed by atoms with E-state index in [0.29, 0.717) is 6.54 Å². The maximum absolute atomic E-state index is 11.1. The molecule has 3 rings (SSSR count). The minimum absolute atomic E-state index is 0.234. The number of carboxylic acid groups (broad SMARTS) is 1. The molecule has 1 N–H and O–H groups in total. The summed E-state index contributed by atoms with van der Waals surface area (Å²) in [5, 5.41) is 9.16. The van der Waals surface area contributed by atoms with Crippen molar-refractivity contribution in [2.24, 2.45) is 5.92 Å². The molecular formula is C18H21NO4. The molecule has 0 radical (unpaired) electrons. The molecule has 2 aromatic rings. The third-order valence-electron chi connectivity index (χ3n) is 4.22. The summed E-state index contributed by atoms with van der Waals surface area (Å²) in [7, 11) is 0. The summed E-state index contributed by atoms with van der Waals surface area (Å²) in [5.74, 6) is 0.642. The average Bonchev–Trinajstić information content (AvgIpc) is 3.25. The number of piperidine rings is 1. The highest BCUT2D eigenvalue weighted by Gasteiger charge is 2.24. The van der Waals surface area contributed by atoms with Gasteiger partial charge in [0.25, 0.3) is 0 Å². The van der Waals surface area contributed by atoms with Crippen LogP contribution in [-0.4, -0.2) is 35.6 Å². The smallest absolute Gasteiger partial charge is 0.307 e. The normalized spacial score (nSPS) is 18.7. The fourth-order valence-corrected chi connectivity index (χ4v) is 3.04. The van der Waals surface area contributed by atoms with Gasteiger partial charge in [-0.2, -0.15) is 0 Å². The second-order valence-electron chi connectivity index (χ2n) is 5.84. The van der Waals surface area contributed by atoms with E-state index >= 15 is 0 Å². The zero-order valence-electron chi connectivity index (χ0n) is 13.0. The molecular weight excluding hydrogens is 294 g/mol. The molecule has 1 saturated heterocycles. The van der Waals surface area contributed by atoms with E-state index in [0.717, 1.165) is 49.4 Å². The molecule has 0 aromatic carbocycles. The predicted molar refractivity (Wildman–Crippen MR) is 85.9 cm³/mol. The van der Waals surface area contributed by atoms with E-state index in [1.165, 1.54) is 0 Å². The Balaban J connectivity index is 1.64. The van der Waals surface area contributed by atoms with Crippen LogP contribution in [0.4, 0.5) is 0 Å². The number of hydrogen-bond acceptors (Lipinski definition) is 4. The lowest BCUT2D eigenvalue weighted by Gasteiger charge is -2.30. The summed E-state index contributed by atoms with van der Waals surface area (Å²) in [6, 6.07) is 7.54. The van der Waals surface area contributed by atoms with Crippen molar-refractivity contribution in [2.45, 2.75) is 19.3 Å². The van der Waals surface area contributed by atoms with Gasteiger partial charge in [-0.05, 0) is 50.1 Å². The number of carbonyl (C=O) groups is 1. The van der Waals surface area contributed by atoms with Crippen LogP contribution >= 0.6 is 0 Å². The van der Waals surface area contributed by atoms with Gasteiger partial charge in [0.1, 0.15) is 11.5 Å². The molecule has 0 spiro atoms. The minimum Gasteiger partial charge on any atom is -0.481 e. The Morgan fingerprint density at radius 2 is 1.96 bits per heavy atom. The lowest BCUT2D eigenvalue weighted by atomic mass is 9.98. The summed E-state index contributed by atoms with van der Waals surface area (Å²) >= 11 is 0. The molecule has 0 aliphatic carbocycles. The van der Waals surface area contributed by atoms with Gasteiger partial charge < -0.3 is 18.8 Å². The number of rotatable bonds is 6. The van der Waals surface area contributed by atoms with E-state index in [1.807, 2.05) is 24.3 Å². The first-order valence-corrected chi connectivity index (χ1v) is 7.97. The molecule has 5 heteroatoms. The first kappa shape index (κ1) is 15.6. The van der Waals surface area contributed by atoms with Crippen LogP contribution in [0.25, 0.3) is 5.57 Å². The fraction of sp³-hybridized carbons (Fsp3) is 0.389. The van der Waals surface area contributed by atoms with Gasteiger partial charge >= 0.3 is 5.97 Å². The number of furan rings is 2. The lowest BCUT2D eigenvalue weighted by Crippen LogP contribution is -2.39. The monoisotopic (exact) mass is 315 g/mol. The molecule has 1 aliphatic rings. The molecule has 1 fully saturated rings. The zero-order chi connectivity index (χ0) is 16.1. The Morgan fingerprint density at radius 1 is 1.26 bits per heavy atom. The van der Waals surface area contributed by atoms with Crippen molar-refractivity contribution in [3.8, 4) is 0 Å². The first-order chi connectivity index (χ1) is 11.2. The Kier molecular flexibility index (Phi) is 4.98. The highest BCUT2D eigenvalue weighted by Crippen LogP contribution is 2.25. The molecule has 122 valence electrons. The van der Waals surface area contributed by atoms with Crippen molar-refractivity contribution < 1.29 is 18.7 Å². The third-order valence-corrected chi connectivity index (χ3v) is 4.22. The number of nitrogens with zero attached hydrogens (tertiary/aromatic N) is 1. The summed E-state index contributed by atoms with van der Waals surface area (Å²) < 4.78 is 11.0. The quantitative estimate of drug-likeness (QED) is 0.884. The van der Waals surface area contributed by atoms with Crippen LogP contribution in [0.15, 0.2) is 51.7 Å². The van der Waals surface area contributed by atoms with Gasteiger partial charge in [0.15, 0.2) is 0 Å². The Bertz CT molecular complexity index is 606. The summed E-state index contributed by atoms with van der Waals surface area (Å²) in [5.41, 5.74) is 0.937. The van der Waals surface area contributed by atoms with Crippen LogP contribution in [0.1, 0.15) is 30.8 Å². The van der Waals surface area contributed by atoms with E-state index in [4.69, 9.17) is 13.9 Å². The van der Waals surface area contributed by atoms with Crippen molar-refractivity contribution in [1.29, 1.82) is 0 Å². The van der Waals surface area contributed by atoms with Crippen LogP contribution in [0.3, 0.4) is 0 Å². The number of likely N-dealkylation sites (tertiary alicyclic amines) is 1. The molecule has 1 aliphatic heterocycles. The number of hydrogen-bond donors (Lipinski definition) is 1. The molecule has 5 nitrogen and oxygen atoms in total. The second-order valence-corrected chi connectivity index (χ2v) is 5.84. The molecule has 0 bridgehead atoms. The molecule has 0 saturated carbocycles. The van der Waals surface area contributed by atoms with Crippen LogP contribution < -0.4 is 0 Å². The third kappa shape index (κ3) is 3.93. The summed E-state index contributed by atoms with van der Waals surface area (Å²) in [6.45, 7) is 2.45. The molecule has 1 atom stereocenters. The molecule has 1 unspecified atom stereocenters. The van der Waals surface area contributed by atoms with Crippen molar-refractivity contribution in [3.63, 3.8) is 0 Å². The second kappa shape index (κ2) is 7.33. The minimum atomic E-state index is -0.683. The zero-order valence-corrected chi connectivity index (χ0v) is 13.0. The topological polar surface area (TPSA) is 66.8 Å². The summed E-state index contributed by atoms with van der Waals surface area (Å²) in [6.07, 6.45) is 7.95. The molecule has 2 aromatic heterocycles. The average molecular weight is 315 g/mol. The van der Waals surface area contributed by atoms with Gasteiger partial charge in [-0.1, -0.05) is 6.08 Å². The highest BCUT2D eigenvalue weighted by atomic mass is 16.4. The van der Waals surface area contributed by atoms with Crippen LogP contribution in [0, 0.1) is 5.92 Å². The maximum atomic E-state index is 11.1. The van der Waals surface area contributed by atoms with Gasteiger partial charge in [0, 0.05) is 13.1 Å². The predicted octanol–water partition coefficient (Wildman–Crippen LogP) is 3.49. The Morgan fingerprint density at radius 3 is 2.52 bits per heavy atom. The van der Waals surface area contributed by atoms with Crippen molar-refractivity contribution in [2.75, 3.05) is 19.6 Å². The first-order valence-electron chi connectivity index (χ1n) is 7.97. The van der Waals surface area contributed by atoms with Gasteiger partial charge in [-0.3, -0.25) is 4.79 Å². The van der Waals surface area contributed by atoms with Crippen molar-refractivity contribution in [1.82, 2.24) is 4.90 Å². The van der Waals surface area contributed by atoms with E-state index in [-0.39, 0.29) is 5.92 Å². The highest BCUT2D eigenvalue weighted by molar-refractivity contribution is 5.74. The van der Waals surface area contributed by atoms with Gasteiger partial charge in [0.2, 0.25) is 0 Å². The number of carboxylic acids is 1. The maximum Gasteiger partial charge on any atom is 0.307 e. The van der Waals surface area contributed by atoms with Crippen LogP contribution in [0.2, 0.25) is 0 Å². The largest absolute Gasteiger partial charge is 0.481 e. The summed E-state index contributed by atoms with van der Waals surface area (Å²) in [4.78, 5) is 13.4. The fourth-order valence-electron chi connectivity index (χ4n) is 3.04. The molecule has 3 heterocycles. The molecule has 0 amide bonds. The van der Waals surface area contributed by atoms with Crippen LogP contribution in [-0.2, 0) is 4.79 Å². The van der Waals surface area contributed by atoms with Gasteiger partial charge in [-0.25, -0.2) is 0 Å². The van der Waals surface area contributed by atoms with Gasteiger partial charge in [-0.15, -0.1) is 0 Å². The van der Waals surface area contributed by atoms with E-state index in [9.17, 15) is 4.79 Å². The van der Waals surface area contributed by atoms with Crippen LogP contribution in [0.5, 0.6) is 0 Å². The Labute approximate surface area is 135 Å². The Hall–Kier alpha value is -2.27. The van der Waals surface area contributed by atoms with Crippen molar-refractivity contribution >= 4 is 11.5 Å². The SMILES string of the molecule is O=C(O)C1CCCN(CCC=C(c2ccco2)c2ccco2)C1. The molecule has 23 heavy (non-hydrogen) atoms.